The fourth-order valence-electron chi connectivity index (χ4n) is 6.02. The molecule has 1 aromatic heterocycles. The first-order valence-corrected chi connectivity index (χ1v) is 16.6. The molecule has 2 heterocycles. The number of hydrogen-bond donors (Lipinski definition) is 1. The highest BCUT2D eigenvalue weighted by atomic mass is 32.1. The second-order valence-corrected chi connectivity index (χ2v) is 12.3. The van der Waals surface area contributed by atoms with Crippen LogP contribution >= 0.6 is 11.3 Å². The topological polar surface area (TPSA) is 78.1 Å². The number of ether oxygens (including phenoxy) is 2. The van der Waals surface area contributed by atoms with Gasteiger partial charge in [0.1, 0.15) is 29.2 Å². The number of piperidine rings is 1. The molecule has 6 heteroatoms. The summed E-state index contributed by atoms with van der Waals surface area (Å²) in [4.78, 5) is 0.885. The lowest BCUT2D eigenvalue weighted by Crippen LogP contribution is -2.30. The number of nitrogens with zero attached hydrogens (tertiary/aromatic N) is 2. The molecule has 0 radical (unpaired) electrons. The van der Waals surface area contributed by atoms with Crippen molar-refractivity contribution in [2.45, 2.75) is 12.8 Å². The fourth-order valence-corrected chi connectivity index (χ4v) is 6.82. The predicted molar refractivity (Wildman–Crippen MR) is 190 cm³/mol. The number of hydrogen-bond acceptors (Lipinski definition) is 6. The van der Waals surface area contributed by atoms with E-state index in [9.17, 15) is 10.5 Å². The normalized spacial score (nSPS) is 13.5. The summed E-state index contributed by atoms with van der Waals surface area (Å²) < 4.78 is 11.7. The highest BCUT2D eigenvalue weighted by molar-refractivity contribution is 7.11. The van der Waals surface area contributed by atoms with Crippen molar-refractivity contribution in [1.29, 1.82) is 10.5 Å². The first-order valence-electron chi connectivity index (χ1n) is 15.8. The smallest absolute Gasteiger partial charge is 0.138 e. The van der Waals surface area contributed by atoms with Crippen LogP contribution in [0, 0.1) is 28.6 Å². The molecule has 0 aliphatic carbocycles. The van der Waals surface area contributed by atoms with Crippen molar-refractivity contribution in [3.8, 4) is 23.6 Å². The molecule has 1 aliphatic rings. The first-order chi connectivity index (χ1) is 23.2. The average molecular weight is 634 g/mol. The van der Waals surface area contributed by atoms with Crippen LogP contribution in [-0.4, -0.2) is 26.8 Å². The van der Waals surface area contributed by atoms with Crippen LogP contribution in [-0.2, 0) is 0 Å². The molecule has 1 fully saturated rings. The van der Waals surface area contributed by atoms with Gasteiger partial charge in [-0.25, -0.2) is 0 Å². The monoisotopic (exact) mass is 633 g/mol. The van der Waals surface area contributed by atoms with Crippen molar-refractivity contribution in [2.24, 2.45) is 5.92 Å². The number of methoxy groups -OCH3 is 1. The van der Waals surface area contributed by atoms with E-state index in [1.807, 2.05) is 47.8 Å². The van der Waals surface area contributed by atoms with E-state index >= 15 is 0 Å². The van der Waals surface area contributed by atoms with Crippen LogP contribution < -0.4 is 14.8 Å². The van der Waals surface area contributed by atoms with Crippen molar-refractivity contribution in [3.05, 3.63) is 159 Å². The van der Waals surface area contributed by atoms with E-state index in [0.717, 1.165) is 87.9 Å². The van der Waals surface area contributed by atoms with Crippen LogP contribution in [0.3, 0.4) is 0 Å². The van der Waals surface area contributed by atoms with Gasteiger partial charge in [-0.15, -0.1) is 11.3 Å². The van der Waals surface area contributed by atoms with Gasteiger partial charge in [0.25, 0.3) is 0 Å². The van der Waals surface area contributed by atoms with E-state index in [2.05, 4.69) is 90.3 Å². The molecule has 0 atom stereocenters. The zero-order valence-corrected chi connectivity index (χ0v) is 27.1. The van der Waals surface area contributed by atoms with Gasteiger partial charge in [-0.2, -0.15) is 10.5 Å². The number of rotatable bonds is 10. The van der Waals surface area contributed by atoms with Gasteiger partial charge in [-0.3, -0.25) is 0 Å². The third-order valence-electron chi connectivity index (χ3n) is 8.48. The van der Waals surface area contributed by atoms with Gasteiger partial charge in [0.15, 0.2) is 0 Å². The van der Waals surface area contributed by atoms with Crippen molar-refractivity contribution >= 4 is 28.1 Å². The molecule has 4 aromatic carbocycles. The maximum absolute atomic E-state index is 9.78. The van der Waals surface area contributed by atoms with Crippen molar-refractivity contribution in [1.82, 2.24) is 5.32 Å². The van der Waals surface area contributed by atoms with E-state index < -0.39 is 0 Å². The number of benzene rings is 4. The maximum atomic E-state index is 9.78. The Bertz CT molecular complexity index is 1910. The van der Waals surface area contributed by atoms with E-state index in [1.54, 1.807) is 7.11 Å². The third-order valence-corrected chi connectivity index (χ3v) is 9.37. The number of nitrogens with one attached hydrogen (secondary N) is 1. The number of nitriles is 2. The summed E-state index contributed by atoms with van der Waals surface area (Å²) in [6, 6.07) is 43.2. The minimum absolute atomic E-state index is 0.0976. The van der Waals surface area contributed by atoms with Crippen molar-refractivity contribution in [2.75, 3.05) is 26.8 Å². The zero-order valence-electron chi connectivity index (χ0n) is 26.3. The molecule has 5 nitrogen and oxygen atoms in total. The average Bonchev–Trinajstić information content (AvgIpc) is 3.68. The fraction of sp³-hybridized carbons (Fsp3) is 0.171. The Balaban J connectivity index is 1.47. The molecule has 1 saturated heterocycles. The third kappa shape index (κ3) is 7.37. The summed E-state index contributed by atoms with van der Waals surface area (Å²) in [7, 11) is 1.67. The largest absolute Gasteiger partial charge is 0.497 e. The standard InChI is InChI=1S/C41H35N3O2S/c1-45-36-17-13-33(14-18-36)41(34-15-19-37(20-16-34)46-28-29-21-23-44-24-22-29)40(30-6-3-2-4-7-30)32-11-9-31(10-12-32)39(35(26-42)27-43)38-8-5-25-47-38/h2-20,25,29,44H,21-24,28H2,1H3/b41-40+. The van der Waals surface area contributed by atoms with E-state index in [4.69, 9.17) is 9.47 Å². The van der Waals surface area contributed by atoms with Crippen LogP contribution in [0.4, 0.5) is 0 Å². The Morgan fingerprint density at radius 1 is 0.660 bits per heavy atom. The molecule has 6 rings (SSSR count). The molecule has 0 unspecified atom stereocenters. The van der Waals surface area contributed by atoms with E-state index in [0.29, 0.717) is 11.5 Å². The summed E-state index contributed by atoms with van der Waals surface area (Å²) in [5.74, 6) is 2.23. The predicted octanol–water partition coefficient (Wildman–Crippen LogP) is 8.99. The molecule has 0 spiro atoms. The second-order valence-electron chi connectivity index (χ2n) is 11.4. The van der Waals surface area contributed by atoms with Crippen molar-refractivity contribution < 1.29 is 9.47 Å². The highest BCUT2D eigenvalue weighted by Gasteiger charge is 2.19. The number of allylic oxidation sites excluding steroid dienone is 1. The Kier molecular flexibility index (Phi) is 10.3. The minimum Gasteiger partial charge on any atom is -0.497 e. The summed E-state index contributed by atoms with van der Waals surface area (Å²) in [6.45, 7) is 2.83. The van der Waals surface area contributed by atoms with Gasteiger partial charge in [-0.05, 0) is 107 Å². The lowest BCUT2D eigenvalue weighted by atomic mass is 9.85. The summed E-state index contributed by atoms with van der Waals surface area (Å²) >= 11 is 1.51. The summed E-state index contributed by atoms with van der Waals surface area (Å²) in [6.07, 6.45) is 2.28. The molecule has 232 valence electrons. The summed E-state index contributed by atoms with van der Waals surface area (Å²) in [5.41, 5.74) is 7.89. The highest BCUT2D eigenvalue weighted by Crippen LogP contribution is 2.39. The molecule has 0 amide bonds. The van der Waals surface area contributed by atoms with Gasteiger partial charge in [0, 0.05) is 10.5 Å². The molecule has 1 N–H and O–H groups in total. The van der Waals surface area contributed by atoms with Crippen LogP contribution in [0.2, 0.25) is 0 Å². The molecular formula is C41H35N3O2S. The lowest BCUT2D eigenvalue weighted by Gasteiger charge is -2.23. The molecule has 0 saturated carbocycles. The zero-order chi connectivity index (χ0) is 32.4. The van der Waals surface area contributed by atoms with Crippen molar-refractivity contribution in [3.63, 3.8) is 0 Å². The minimum atomic E-state index is 0.0976. The second kappa shape index (κ2) is 15.3. The van der Waals surface area contributed by atoms with Gasteiger partial charge in [0.05, 0.1) is 13.7 Å². The Hall–Kier alpha value is -5.40. The van der Waals surface area contributed by atoms with E-state index in [-0.39, 0.29) is 5.57 Å². The lowest BCUT2D eigenvalue weighted by molar-refractivity contribution is 0.215. The molecular weight excluding hydrogens is 599 g/mol. The maximum Gasteiger partial charge on any atom is 0.138 e. The van der Waals surface area contributed by atoms with E-state index in [1.165, 1.54) is 11.3 Å². The van der Waals surface area contributed by atoms with Gasteiger partial charge in [0.2, 0.25) is 0 Å². The Morgan fingerprint density at radius 2 is 1.17 bits per heavy atom. The van der Waals surface area contributed by atoms with Gasteiger partial charge < -0.3 is 14.8 Å². The number of thiophene rings is 1. The van der Waals surface area contributed by atoms with Crippen LogP contribution in [0.5, 0.6) is 11.5 Å². The van der Waals surface area contributed by atoms with Gasteiger partial charge in [-0.1, -0.05) is 84.9 Å². The van der Waals surface area contributed by atoms with Crippen LogP contribution in [0.25, 0.3) is 16.7 Å². The first kappa shape index (κ1) is 31.6. The van der Waals surface area contributed by atoms with Gasteiger partial charge >= 0.3 is 0 Å². The Morgan fingerprint density at radius 3 is 1.68 bits per heavy atom. The quantitative estimate of drug-likeness (QED) is 0.123. The van der Waals surface area contributed by atoms with Crippen LogP contribution in [0.15, 0.2) is 126 Å². The summed E-state index contributed by atoms with van der Waals surface area (Å²) in [5, 5.41) is 24.9. The molecule has 0 bridgehead atoms. The Labute approximate surface area is 280 Å². The molecule has 5 aromatic rings. The molecule has 1 aliphatic heterocycles. The SMILES string of the molecule is COc1ccc(/C(=C(/c2ccccc2)c2ccc(C(=C(C#N)C#N)c3cccs3)cc2)c2ccc(OCC3CCNCC3)cc2)cc1. The molecule has 47 heavy (non-hydrogen) atoms. The van der Waals surface area contributed by atoms with Crippen LogP contribution in [0.1, 0.15) is 45.5 Å².